The summed E-state index contributed by atoms with van der Waals surface area (Å²) in [6, 6.07) is 7.73. The molecule has 0 saturated heterocycles. The second kappa shape index (κ2) is 6.72. The van der Waals surface area contributed by atoms with Crippen LogP contribution in [-0.4, -0.2) is 46.8 Å². The third kappa shape index (κ3) is 6.58. The van der Waals surface area contributed by atoms with E-state index in [1.54, 1.807) is 0 Å². The Labute approximate surface area is 109 Å². The van der Waals surface area contributed by atoms with Gasteiger partial charge in [-0.3, -0.25) is 0 Å². The first kappa shape index (κ1) is 14.9. The van der Waals surface area contributed by atoms with Crippen LogP contribution >= 0.6 is 0 Å². The van der Waals surface area contributed by atoms with Crippen LogP contribution < -0.4 is 10.0 Å². The molecular formula is C12H21N3O2S. The molecule has 0 aliphatic rings. The third-order valence-corrected chi connectivity index (χ3v) is 3.05. The molecule has 1 aromatic carbocycles. The van der Waals surface area contributed by atoms with Gasteiger partial charge in [-0.2, -0.15) is 0 Å². The van der Waals surface area contributed by atoms with Crippen molar-refractivity contribution in [2.75, 3.05) is 38.8 Å². The number of nitrogens with zero attached hydrogens (tertiary/aromatic N) is 1. The zero-order chi connectivity index (χ0) is 13.6. The minimum absolute atomic E-state index is 0.330. The van der Waals surface area contributed by atoms with Crippen LogP contribution in [0.1, 0.15) is 5.56 Å². The lowest BCUT2D eigenvalue weighted by Gasteiger charge is -2.11. The van der Waals surface area contributed by atoms with E-state index in [2.05, 4.69) is 14.9 Å². The molecule has 18 heavy (non-hydrogen) atoms. The van der Waals surface area contributed by atoms with Crippen molar-refractivity contribution < 1.29 is 8.42 Å². The quantitative estimate of drug-likeness (QED) is 0.767. The molecule has 0 atom stereocenters. The van der Waals surface area contributed by atoms with Crippen molar-refractivity contribution in [3.05, 3.63) is 29.8 Å². The first-order valence-corrected chi connectivity index (χ1v) is 7.68. The highest BCUT2D eigenvalue weighted by Gasteiger charge is 2.00. The predicted octanol–water partition coefficient (Wildman–Crippen LogP) is 0.709. The molecule has 102 valence electrons. The average Bonchev–Trinajstić information content (AvgIpc) is 2.26. The Kier molecular flexibility index (Phi) is 5.58. The average molecular weight is 271 g/mol. The van der Waals surface area contributed by atoms with E-state index in [1.807, 2.05) is 38.4 Å². The number of hydrogen-bond acceptors (Lipinski definition) is 4. The fourth-order valence-electron chi connectivity index (χ4n) is 1.38. The van der Waals surface area contributed by atoms with E-state index in [4.69, 9.17) is 0 Å². The lowest BCUT2D eigenvalue weighted by molar-refractivity contribution is 0.425. The maximum absolute atomic E-state index is 10.9. The van der Waals surface area contributed by atoms with E-state index < -0.39 is 10.0 Å². The summed E-state index contributed by atoms with van der Waals surface area (Å²) >= 11 is 0. The largest absolute Gasteiger partial charge is 0.384 e. The summed E-state index contributed by atoms with van der Waals surface area (Å²) in [4.78, 5) is 2.11. The summed E-state index contributed by atoms with van der Waals surface area (Å²) in [5.74, 6) is 0. The van der Waals surface area contributed by atoms with Crippen molar-refractivity contribution in [3.8, 4) is 0 Å². The van der Waals surface area contributed by atoms with Gasteiger partial charge in [-0.15, -0.1) is 0 Å². The van der Waals surface area contributed by atoms with Crippen LogP contribution in [0.3, 0.4) is 0 Å². The molecule has 5 nitrogen and oxygen atoms in total. The van der Waals surface area contributed by atoms with E-state index in [9.17, 15) is 8.42 Å². The molecule has 0 amide bonds. The van der Waals surface area contributed by atoms with Gasteiger partial charge in [0.2, 0.25) is 10.0 Å². The Morgan fingerprint density at radius 1 is 1.17 bits per heavy atom. The highest BCUT2D eigenvalue weighted by atomic mass is 32.2. The Balaban J connectivity index is 2.42. The molecule has 2 N–H and O–H groups in total. The van der Waals surface area contributed by atoms with Crippen molar-refractivity contribution in [1.82, 2.24) is 9.62 Å². The van der Waals surface area contributed by atoms with Crippen LogP contribution in [0, 0.1) is 0 Å². The number of rotatable bonds is 7. The van der Waals surface area contributed by atoms with Gasteiger partial charge in [-0.05, 0) is 31.8 Å². The van der Waals surface area contributed by atoms with Crippen molar-refractivity contribution in [2.24, 2.45) is 0 Å². The second-order valence-electron chi connectivity index (χ2n) is 4.52. The number of anilines is 1. The van der Waals surface area contributed by atoms with Crippen LogP contribution in [0.5, 0.6) is 0 Å². The van der Waals surface area contributed by atoms with E-state index in [0.717, 1.165) is 30.6 Å². The molecule has 0 heterocycles. The van der Waals surface area contributed by atoms with Crippen molar-refractivity contribution in [3.63, 3.8) is 0 Å². The zero-order valence-electron chi connectivity index (χ0n) is 11.1. The van der Waals surface area contributed by atoms with Gasteiger partial charge in [-0.1, -0.05) is 12.1 Å². The highest BCUT2D eigenvalue weighted by Crippen LogP contribution is 2.09. The molecule has 0 unspecified atom stereocenters. The molecule has 1 aromatic rings. The molecule has 0 aliphatic carbocycles. The number of hydrogen-bond donors (Lipinski definition) is 2. The molecule has 0 spiro atoms. The molecule has 0 aliphatic heterocycles. The zero-order valence-corrected chi connectivity index (χ0v) is 11.9. The van der Waals surface area contributed by atoms with E-state index in [1.165, 1.54) is 0 Å². The summed E-state index contributed by atoms with van der Waals surface area (Å²) in [6.45, 7) is 2.18. The Morgan fingerprint density at radius 3 is 2.28 bits per heavy atom. The molecule has 0 aromatic heterocycles. The van der Waals surface area contributed by atoms with Gasteiger partial charge in [0.1, 0.15) is 0 Å². The Bertz CT molecular complexity index is 455. The van der Waals surface area contributed by atoms with Crippen molar-refractivity contribution in [2.45, 2.75) is 6.54 Å². The highest BCUT2D eigenvalue weighted by molar-refractivity contribution is 7.88. The van der Waals surface area contributed by atoms with Gasteiger partial charge in [0, 0.05) is 25.3 Å². The molecular weight excluding hydrogens is 250 g/mol. The molecule has 1 rings (SSSR count). The smallest absolute Gasteiger partial charge is 0.209 e. The normalized spacial score (nSPS) is 11.8. The number of sulfonamides is 1. The van der Waals surface area contributed by atoms with E-state index in [0.29, 0.717) is 6.54 Å². The second-order valence-corrected chi connectivity index (χ2v) is 6.35. The first-order chi connectivity index (χ1) is 8.37. The minimum atomic E-state index is -3.13. The van der Waals surface area contributed by atoms with Gasteiger partial charge >= 0.3 is 0 Å². The van der Waals surface area contributed by atoms with Gasteiger partial charge in [0.15, 0.2) is 0 Å². The van der Waals surface area contributed by atoms with Gasteiger partial charge < -0.3 is 10.2 Å². The third-order valence-electron chi connectivity index (χ3n) is 2.38. The fraction of sp³-hybridized carbons (Fsp3) is 0.500. The lowest BCUT2D eigenvalue weighted by atomic mass is 10.2. The SMILES string of the molecule is CN(C)CCNc1ccc(CNS(C)(=O)=O)cc1. The van der Waals surface area contributed by atoms with Crippen LogP contribution in [0.25, 0.3) is 0 Å². The maximum atomic E-state index is 10.9. The lowest BCUT2D eigenvalue weighted by Crippen LogP contribution is -2.21. The number of likely N-dealkylation sites (N-methyl/N-ethyl adjacent to an activating group) is 1. The summed E-state index contributed by atoms with van der Waals surface area (Å²) in [5.41, 5.74) is 1.98. The van der Waals surface area contributed by atoms with Crippen molar-refractivity contribution >= 4 is 15.7 Å². The van der Waals surface area contributed by atoms with Crippen LogP contribution in [0.2, 0.25) is 0 Å². The Morgan fingerprint density at radius 2 is 1.78 bits per heavy atom. The first-order valence-electron chi connectivity index (χ1n) is 5.79. The predicted molar refractivity (Wildman–Crippen MR) is 75.2 cm³/mol. The molecule has 6 heteroatoms. The summed E-state index contributed by atoms with van der Waals surface area (Å²) in [5, 5.41) is 3.30. The minimum Gasteiger partial charge on any atom is -0.384 e. The van der Waals surface area contributed by atoms with E-state index >= 15 is 0 Å². The monoisotopic (exact) mass is 271 g/mol. The molecule has 0 bridgehead atoms. The topological polar surface area (TPSA) is 61.4 Å². The van der Waals surface area contributed by atoms with Crippen molar-refractivity contribution in [1.29, 1.82) is 0 Å². The van der Waals surface area contributed by atoms with Gasteiger partial charge in [0.05, 0.1) is 6.26 Å². The summed E-state index contributed by atoms with van der Waals surface area (Å²) in [7, 11) is 0.932. The summed E-state index contributed by atoms with van der Waals surface area (Å²) in [6.07, 6.45) is 1.16. The van der Waals surface area contributed by atoms with Crippen LogP contribution in [0.15, 0.2) is 24.3 Å². The maximum Gasteiger partial charge on any atom is 0.209 e. The Hall–Kier alpha value is -1.11. The van der Waals surface area contributed by atoms with Crippen LogP contribution in [0.4, 0.5) is 5.69 Å². The van der Waals surface area contributed by atoms with Gasteiger partial charge in [-0.25, -0.2) is 13.1 Å². The number of nitrogens with one attached hydrogen (secondary N) is 2. The fourth-order valence-corrected chi connectivity index (χ4v) is 1.81. The van der Waals surface area contributed by atoms with Gasteiger partial charge in [0.25, 0.3) is 0 Å². The molecule has 0 saturated carbocycles. The number of benzene rings is 1. The summed E-state index contributed by atoms with van der Waals surface area (Å²) < 4.78 is 24.4. The van der Waals surface area contributed by atoms with Crippen LogP contribution in [-0.2, 0) is 16.6 Å². The molecule has 0 radical (unpaired) electrons. The standard InChI is InChI=1S/C12H21N3O2S/c1-15(2)9-8-13-12-6-4-11(5-7-12)10-14-18(3,16)17/h4-7,13-14H,8-10H2,1-3H3. The van der Waals surface area contributed by atoms with E-state index in [-0.39, 0.29) is 0 Å². The molecule has 0 fully saturated rings.